The third kappa shape index (κ3) is 7.00. The van der Waals surface area contributed by atoms with Gasteiger partial charge < -0.3 is 19.3 Å². The molecule has 3 aromatic rings. The molecular weight excluding hydrogens is 603 g/mol. The number of nitrogens with zero attached hydrogens (tertiary/aromatic N) is 3. The van der Waals surface area contributed by atoms with E-state index >= 15 is 0 Å². The second kappa shape index (κ2) is 12.6. The van der Waals surface area contributed by atoms with E-state index in [2.05, 4.69) is 9.88 Å². The van der Waals surface area contributed by atoms with E-state index in [1.54, 1.807) is 6.92 Å². The third-order valence-corrected chi connectivity index (χ3v) is 10.8. The molecule has 2 heterocycles. The van der Waals surface area contributed by atoms with Crippen molar-refractivity contribution in [1.82, 2.24) is 14.4 Å². The molecule has 2 N–H and O–H groups in total. The number of ether oxygens (including phenoxy) is 1. The topological polar surface area (TPSA) is 159 Å². The SMILES string of the molecule is Cc1noc(C)c1S(=O)(=O)N(C)C[C@H]1Oc2ccc(NS(=O)(=O)c3ccc(F)cc3)cc2CC(=O)N([C@H](C)CO)C[C@@H]1C. The molecule has 234 valence electrons. The Hall–Kier alpha value is -3.53. The molecule has 0 unspecified atom stereocenters. The number of sulfonamides is 2. The van der Waals surface area contributed by atoms with E-state index in [0.29, 0.717) is 5.56 Å². The van der Waals surface area contributed by atoms with Gasteiger partial charge in [0.05, 0.1) is 30.5 Å². The zero-order valence-electron chi connectivity index (χ0n) is 24.4. The van der Waals surface area contributed by atoms with Gasteiger partial charge in [-0.1, -0.05) is 12.1 Å². The van der Waals surface area contributed by atoms with Crippen molar-refractivity contribution in [1.29, 1.82) is 0 Å². The van der Waals surface area contributed by atoms with Gasteiger partial charge in [0.15, 0.2) is 5.76 Å². The van der Waals surface area contributed by atoms with Crippen LogP contribution in [0.4, 0.5) is 10.1 Å². The van der Waals surface area contributed by atoms with Crippen molar-refractivity contribution in [3.63, 3.8) is 0 Å². The maximum atomic E-state index is 13.5. The second-order valence-corrected chi connectivity index (χ2v) is 14.4. The fourth-order valence-corrected chi connectivity index (χ4v) is 7.40. The quantitative estimate of drug-likeness (QED) is 0.359. The maximum Gasteiger partial charge on any atom is 0.261 e. The number of aliphatic hydroxyl groups excluding tert-OH is 1. The first-order valence-electron chi connectivity index (χ1n) is 13.5. The summed E-state index contributed by atoms with van der Waals surface area (Å²) in [6.07, 6.45) is -0.918. The first-order chi connectivity index (χ1) is 20.1. The number of aryl methyl sites for hydroxylation is 2. The molecule has 1 aliphatic rings. The van der Waals surface area contributed by atoms with Crippen LogP contribution < -0.4 is 9.46 Å². The predicted molar refractivity (Wildman–Crippen MR) is 155 cm³/mol. The predicted octanol–water partition coefficient (Wildman–Crippen LogP) is 2.70. The van der Waals surface area contributed by atoms with Gasteiger partial charge in [-0.15, -0.1) is 0 Å². The van der Waals surface area contributed by atoms with Gasteiger partial charge in [0.1, 0.15) is 28.3 Å². The molecule has 0 aliphatic carbocycles. The molecule has 1 aromatic heterocycles. The number of anilines is 1. The Kier molecular flexibility index (Phi) is 9.49. The fraction of sp³-hybridized carbons (Fsp3) is 0.429. The minimum atomic E-state index is -4.07. The van der Waals surface area contributed by atoms with Crippen LogP contribution in [0.2, 0.25) is 0 Å². The molecular formula is C28H35FN4O8S2. The Morgan fingerprint density at radius 2 is 1.84 bits per heavy atom. The van der Waals surface area contributed by atoms with Crippen molar-refractivity contribution in [3.8, 4) is 5.75 Å². The molecule has 15 heteroatoms. The lowest BCUT2D eigenvalue weighted by molar-refractivity contribution is -0.134. The molecule has 0 bridgehead atoms. The number of aromatic nitrogens is 1. The van der Waals surface area contributed by atoms with Crippen LogP contribution in [0.1, 0.15) is 30.9 Å². The standard InChI is InChI=1S/C28H35FN4O8S2/c1-17-14-33(18(2)16-34)27(35)13-21-12-23(31-42(36,37)24-9-6-22(29)7-10-24)8-11-25(21)40-26(17)15-32(5)43(38,39)28-19(3)30-41-20(28)4/h6-12,17-18,26,31,34H,13-16H2,1-5H3/t17-,18+,26+/m0/s1. The van der Waals surface area contributed by atoms with Crippen LogP contribution >= 0.6 is 0 Å². The Labute approximate surface area is 250 Å². The number of hydrogen-bond acceptors (Lipinski definition) is 9. The summed E-state index contributed by atoms with van der Waals surface area (Å²) in [5.74, 6) is -0.863. The number of benzene rings is 2. The number of carbonyl (C=O) groups is 1. The molecule has 43 heavy (non-hydrogen) atoms. The highest BCUT2D eigenvalue weighted by molar-refractivity contribution is 7.92. The minimum Gasteiger partial charge on any atom is -0.488 e. The van der Waals surface area contributed by atoms with Gasteiger partial charge in [-0.25, -0.2) is 21.2 Å². The number of nitrogens with one attached hydrogen (secondary N) is 1. The number of fused-ring (bicyclic) bond motifs is 1. The summed E-state index contributed by atoms with van der Waals surface area (Å²) in [6, 6.07) is 8.23. The number of halogens is 1. The number of carbonyl (C=O) groups excluding carboxylic acids is 1. The summed E-state index contributed by atoms with van der Waals surface area (Å²) in [5.41, 5.74) is 0.722. The first kappa shape index (κ1) is 32.4. The maximum absolute atomic E-state index is 13.5. The molecule has 0 saturated carbocycles. The molecule has 0 radical (unpaired) electrons. The summed E-state index contributed by atoms with van der Waals surface area (Å²) in [4.78, 5) is 14.8. The van der Waals surface area contributed by atoms with Crippen LogP contribution in [0.3, 0.4) is 0 Å². The van der Waals surface area contributed by atoms with Crippen LogP contribution in [0.15, 0.2) is 56.8 Å². The van der Waals surface area contributed by atoms with Crippen molar-refractivity contribution < 1.29 is 40.4 Å². The molecule has 12 nitrogen and oxygen atoms in total. The molecule has 0 fully saturated rings. The van der Waals surface area contributed by atoms with E-state index in [0.717, 1.165) is 28.6 Å². The number of amides is 1. The first-order valence-corrected chi connectivity index (χ1v) is 16.4. The average molecular weight is 639 g/mol. The second-order valence-electron chi connectivity index (χ2n) is 10.7. The molecule has 1 amide bonds. The zero-order valence-corrected chi connectivity index (χ0v) is 26.1. The number of hydrogen-bond donors (Lipinski definition) is 2. The molecule has 0 spiro atoms. The van der Waals surface area contributed by atoms with Gasteiger partial charge in [-0.3, -0.25) is 9.52 Å². The highest BCUT2D eigenvalue weighted by atomic mass is 32.2. The van der Waals surface area contributed by atoms with E-state index < -0.39 is 38.0 Å². The molecule has 1 aliphatic heterocycles. The highest BCUT2D eigenvalue weighted by Crippen LogP contribution is 2.31. The van der Waals surface area contributed by atoms with Crippen LogP contribution in [-0.2, 0) is 31.3 Å². The van der Waals surface area contributed by atoms with Crippen molar-refractivity contribution in [2.75, 3.05) is 31.5 Å². The van der Waals surface area contributed by atoms with Gasteiger partial charge in [0.2, 0.25) is 15.9 Å². The van der Waals surface area contributed by atoms with Crippen LogP contribution in [-0.4, -0.2) is 81.1 Å². The van der Waals surface area contributed by atoms with Crippen LogP contribution in [0, 0.1) is 25.6 Å². The fourth-order valence-electron chi connectivity index (χ4n) is 4.89. The summed E-state index contributed by atoms with van der Waals surface area (Å²) >= 11 is 0. The Morgan fingerprint density at radius 1 is 1.16 bits per heavy atom. The molecule has 4 rings (SSSR count). The summed E-state index contributed by atoms with van der Waals surface area (Å²) < 4.78 is 81.1. The molecule has 0 saturated heterocycles. The van der Waals surface area contributed by atoms with Crippen molar-refractivity contribution in [3.05, 3.63) is 65.3 Å². The number of aliphatic hydroxyl groups is 1. The molecule has 2 aromatic carbocycles. The smallest absolute Gasteiger partial charge is 0.261 e. The van der Waals surface area contributed by atoms with Crippen LogP contribution in [0.5, 0.6) is 5.75 Å². The van der Waals surface area contributed by atoms with E-state index in [-0.39, 0.29) is 70.6 Å². The van der Waals surface area contributed by atoms with E-state index in [4.69, 9.17) is 9.26 Å². The van der Waals surface area contributed by atoms with E-state index in [9.17, 15) is 31.1 Å². The molecule has 3 atom stereocenters. The Morgan fingerprint density at radius 3 is 2.44 bits per heavy atom. The summed E-state index contributed by atoms with van der Waals surface area (Å²) in [5, 5.41) is 13.6. The van der Waals surface area contributed by atoms with Gasteiger partial charge >= 0.3 is 0 Å². The Balaban J connectivity index is 1.69. The summed E-state index contributed by atoms with van der Waals surface area (Å²) in [7, 11) is -6.67. The largest absolute Gasteiger partial charge is 0.488 e. The lowest BCUT2D eigenvalue weighted by Gasteiger charge is -2.33. The van der Waals surface area contributed by atoms with Crippen molar-refractivity contribution >= 4 is 31.6 Å². The summed E-state index contributed by atoms with van der Waals surface area (Å²) in [6.45, 7) is 6.34. The normalized spacial score (nSPS) is 18.8. The number of rotatable bonds is 9. The third-order valence-electron chi connectivity index (χ3n) is 7.37. The van der Waals surface area contributed by atoms with Gasteiger partial charge in [0.25, 0.3) is 10.0 Å². The minimum absolute atomic E-state index is 0.0325. The van der Waals surface area contributed by atoms with E-state index in [1.807, 2.05) is 6.92 Å². The van der Waals surface area contributed by atoms with Gasteiger partial charge in [-0.05, 0) is 63.2 Å². The van der Waals surface area contributed by atoms with E-state index in [1.165, 1.54) is 44.0 Å². The lowest BCUT2D eigenvalue weighted by Crippen LogP contribution is -2.48. The number of likely N-dealkylation sites (N-methyl/N-ethyl adjacent to an activating group) is 1. The monoisotopic (exact) mass is 638 g/mol. The van der Waals surface area contributed by atoms with Crippen molar-refractivity contribution in [2.24, 2.45) is 5.92 Å². The van der Waals surface area contributed by atoms with Crippen LogP contribution in [0.25, 0.3) is 0 Å². The zero-order chi connectivity index (χ0) is 31.7. The van der Waals surface area contributed by atoms with Gasteiger partial charge in [0, 0.05) is 30.8 Å². The van der Waals surface area contributed by atoms with Crippen molar-refractivity contribution in [2.45, 2.75) is 56.1 Å². The van der Waals surface area contributed by atoms with Gasteiger partial charge in [-0.2, -0.15) is 4.31 Å². The Bertz CT molecular complexity index is 1670. The lowest BCUT2D eigenvalue weighted by atomic mass is 10.0. The highest BCUT2D eigenvalue weighted by Gasteiger charge is 2.35. The average Bonchev–Trinajstić information content (AvgIpc) is 3.31.